The van der Waals surface area contributed by atoms with Crippen LogP contribution in [0, 0.1) is 0 Å². The summed E-state index contributed by atoms with van der Waals surface area (Å²) in [6, 6.07) is 8.14. The van der Waals surface area contributed by atoms with Gasteiger partial charge in [0.15, 0.2) is 0 Å². The number of rotatable bonds is 1. The molecule has 0 radical (unpaired) electrons. The average molecular weight is 325 g/mol. The molecule has 0 bridgehead atoms. The van der Waals surface area contributed by atoms with Gasteiger partial charge in [-0.2, -0.15) is 0 Å². The molecule has 0 aliphatic carbocycles. The molecule has 0 saturated heterocycles. The molecule has 1 aliphatic heterocycles. The molecule has 2 nitrogen and oxygen atoms in total. The summed E-state index contributed by atoms with van der Waals surface area (Å²) in [6.07, 6.45) is 0. The van der Waals surface area contributed by atoms with Crippen molar-refractivity contribution in [2.75, 3.05) is 7.11 Å². The van der Waals surface area contributed by atoms with Gasteiger partial charge in [-0.3, -0.25) is 0 Å². The number of ether oxygens (including phenoxy) is 2. The number of hydrogen-bond acceptors (Lipinski definition) is 3. The summed E-state index contributed by atoms with van der Waals surface area (Å²) in [5.74, 6) is 1.71. The highest BCUT2D eigenvalue weighted by molar-refractivity contribution is 9.11. The van der Waals surface area contributed by atoms with E-state index in [1.807, 2.05) is 12.1 Å². The maximum Gasteiger partial charge on any atom is 0.138 e. The van der Waals surface area contributed by atoms with Crippen LogP contribution in [-0.2, 0) is 5.60 Å². The van der Waals surface area contributed by atoms with Crippen molar-refractivity contribution in [2.24, 2.45) is 0 Å². The third-order valence-electron chi connectivity index (χ3n) is 3.09. The number of hydrogen-bond donors (Lipinski definition) is 0. The Labute approximate surface area is 119 Å². The van der Waals surface area contributed by atoms with E-state index in [0.717, 1.165) is 20.8 Å². The van der Waals surface area contributed by atoms with Crippen LogP contribution in [0.25, 0.3) is 11.1 Å². The topological polar surface area (TPSA) is 18.5 Å². The zero-order chi connectivity index (χ0) is 12.9. The normalized spacial score (nSPS) is 15.6. The van der Waals surface area contributed by atoms with Crippen molar-refractivity contribution in [1.82, 2.24) is 0 Å². The van der Waals surface area contributed by atoms with Gasteiger partial charge in [-0.15, -0.1) is 11.3 Å². The minimum Gasteiger partial charge on any atom is -0.497 e. The van der Waals surface area contributed by atoms with Crippen molar-refractivity contribution in [2.45, 2.75) is 19.4 Å². The number of methoxy groups -OCH3 is 1. The molecule has 94 valence electrons. The number of fused-ring (bicyclic) bond motifs is 3. The van der Waals surface area contributed by atoms with Crippen LogP contribution in [0.5, 0.6) is 11.5 Å². The molecule has 0 spiro atoms. The highest BCUT2D eigenvalue weighted by Gasteiger charge is 2.34. The molecule has 2 aromatic rings. The number of benzene rings is 1. The van der Waals surface area contributed by atoms with Crippen LogP contribution in [-0.4, -0.2) is 7.11 Å². The average Bonchev–Trinajstić information content (AvgIpc) is 2.71. The summed E-state index contributed by atoms with van der Waals surface area (Å²) in [5, 5.41) is 0. The molecule has 0 fully saturated rings. The van der Waals surface area contributed by atoms with E-state index in [2.05, 4.69) is 41.9 Å². The van der Waals surface area contributed by atoms with Gasteiger partial charge in [0.2, 0.25) is 0 Å². The standard InChI is InChI=1S/C14H13BrO2S/c1-14(2)13-10(7-12(15)18-13)9-5-4-8(16-3)6-11(9)17-14/h4-7H,1-3H3. The number of thiophene rings is 1. The minimum atomic E-state index is -0.300. The summed E-state index contributed by atoms with van der Waals surface area (Å²) >= 11 is 5.29. The molecule has 0 atom stereocenters. The first-order valence-electron chi connectivity index (χ1n) is 5.68. The van der Waals surface area contributed by atoms with Crippen molar-refractivity contribution in [3.63, 3.8) is 0 Å². The van der Waals surface area contributed by atoms with E-state index < -0.39 is 0 Å². The Balaban J connectivity index is 2.25. The summed E-state index contributed by atoms with van der Waals surface area (Å²) in [5.41, 5.74) is 2.08. The molecular formula is C14H13BrO2S. The van der Waals surface area contributed by atoms with E-state index in [9.17, 15) is 0 Å². The van der Waals surface area contributed by atoms with Gasteiger partial charge >= 0.3 is 0 Å². The van der Waals surface area contributed by atoms with Gasteiger partial charge in [0, 0.05) is 17.2 Å². The first-order chi connectivity index (χ1) is 8.51. The van der Waals surface area contributed by atoms with E-state index in [1.165, 1.54) is 10.4 Å². The first-order valence-corrected chi connectivity index (χ1v) is 7.29. The molecule has 0 unspecified atom stereocenters. The molecule has 2 heterocycles. The molecule has 3 rings (SSSR count). The van der Waals surface area contributed by atoms with Gasteiger partial charge in [0.05, 0.1) is 15.8 Å². The zero-order valence-corrected chi connectivity index (χ0v) is 12.8. The van der Waals surface area contributed by atoms with Crippen LogP contribution in [0.3, 0.4) is 0 Å². The monoisotopic (exact) mass is 324 g/mol. The van der Waals surface area contributed by atoms with Crippen LogP contribution in [0.15, 0.2) is 28.1 Å². The van der Waals surface area contributed by atoms with Crippen molar-refractivity contribution in [1.29, 1.82) is 0 Å². The van der Waals surface area contributed by atoms with Gasteiger partial charge < -0.3 is 9.47 Å². The van der Waals surface area contributed by atoms with E-state index in [0.29, 0.717) is 0 Å². The van der Waals surface area contributed by atoms with Gasteiger partial charge in [-0.05, 0) is 48.0 Å². The van der Waals surface area contributed by atoms with Crippen LogP contribution >= 0.6 is 27.3 Å². The summed E-state index contributed by atoms with van der Waals surface area (Å²) in [7, 11) is 1.67. The van der Waals surface area contributed by atoms with Gasteiger partial charge in [0.25, 0.3) is 0 Å². The highest BCUT2D eigenvalue weighted by atomic mass is 79.9. The molecule has 1 aromatic heterocycles. The smallest absolute Gasteiger partial charge is 0.138 e. The van der Waals surface area contributed by atoms with E-state index in [1.54, 1.807) is 18.4 Å². The Morgan fingerprint density at radius 2 is 2.00 bits per heavy atom. The molecular weight excluding hydrogens is 312 g/mol. The fourth-order valence-electron chi connectivity index (χ4n) is 2.27. The Hall–Kier alpha value is -1.00. The predicted molar refractivity (Wildman–Crippen MR) is 77.7 cm³/mol. The molecule has 1 aromatic carbocycles. The molecule has 0 amide bonds. The number of halogens is 1. The lowest BCUT2D eigenvalue weighted by atomic mass is 9.94. The molecule has 0 saturated carbocycles. The fourth-order valence-corrected chi connectivity index (χ4v) is 3.92. The van der Waals surface area contributed by atoms with Crippen LogP contribution in [0.2, 0.25) is 0 Å². The Bertz CT molecular complexity index is 616. The molecule has 1 aliphatic rings. The third-order valence-corrected chi connectivity index (χ3v) is 5.04. The lowest BCUT2D eigenvalue weighted by molar-refractivity contribution is 0.109. The summed E-state index contributed by atoms with van der Waals surface area (Å²) < 4.78 is 12.5. The lowest BCUT2D eigenvalue weighted by Crippen LogP contribution is -2.27. The van der Waals surface area contributed by atoms with Gasteiger partial charge in [-0.1, -0.05) is 0 Å². The van der Waals surface area contributed by atoms with Crippen molar-refractivity contribution in [3.8, 4) is 22.6 Å². The lowest BCUT2D eigenvalue weighted by Gasteiger charge is -2.32. The highest BCUT2D eigenvalue weighted by Crippen LogP contribution is 2.50. The van der Waals surface area contributed by atoms with Crippen LogP contribution in [0.4, 0.5) is 0 Å². The summed E-state index contributed by atoms with van der Waals surface area (Å²) in [6.45, 7) is 4.19. The maximum absolute atomic E-state index is 6.11. The van der Waals surface area contributed by atoms with Crippen molar-refractivity contribution in [3.05, 3.63) is 32.9 Å². The second-order valence-electron chi connectivity index (χ2n) is 4.77. The Morgan fingerprint density at radius 1 is 1.22 bits per heavy atom. The van der Waals surface area contributed by atoms with Crippen molar-refractivity contribution >= 4 is 27.3 Å². The quantitative estimate of drug-likeness (QED) is 0.749. The van der Waals surface area contributed by atoms with E-state index in [4.69, 9.17) is 9.47 Å². The predicted octanol–water partition coefficient (Wildman–Crippen LogP) is 4.81. The second-order valence-corrected chi connectivity index (χ2v) is 7.20. The van der Waals surface area contributed by atoms with E-state index >= 15 is 0 Å². The molecule has 18 heavy (non-hydrogen) atoms. The largest absolute Gasteiger partial charge is 0.497 e. The maximum atomic E-state index is 6.11. The zero-order valence-electron chi connectivity index (χ0n) is 10.4. The van der Waals surface area contributed by atoms with Crippen LogP contribution in [0.1, 0.15) is 18.7 Å². The first kappa shape index (κ1) is 12.1. The van der Waals surface area contributed by atoms with Crippen molar-refractivity contribution < 1.29 is 9.47 Å². The molecule has 0 N–H and O–H groups in total. The molecule has 4 heteroatoms. The Morgan fingerprint density at radius 3 is 2.72 bits per heavy atom. The van der Waals surface area contributed by atoms with Gasteiger partial charge in [-0.25, -0.2) is 0 Å². The fraction of sp³-hybridized carbons (Fsp3) is 0.286. The SMILES string of the molecule is COc1ccc2c(c1)OC(C)(C)c1sc(Br)cc1-2. The van der Waals surface area contributed by atoms with Crippen LogP contribution < -0.4 is 9.47 Å². The third kappa shape index (κ3) is 1.75. The Kier molecular flexibility index (Phi) is 2.68. The van der Waals surface area contributed by atoms with Gasteiger partial charge in [0.1, 0.15) is 17.1 Å². The minimum absolute atomic E-state index is 0.300. The summed E-state index contributed by atoms with van der Waals surface area (Å²) in [4.78, 5) is 1.26. The van der Waals surface area contributed by atoms with E-state index in [-0.39, 0.29) is 5.60 Å². The second kappa shape index (κ2) is 4.00.